The molecule has 0 spiro atoms. The van der Waals surface area contributed by atoms with Crippen LogP contribution in [0.2, 0.25) is 0 Å². The minimum Gasteiger partial charge on any atom is -0.375 e. The fourth-order valence-electron chi connectivity index (χ4n) is 1.56. The largest absolute Gasteiger partial charge is 0.375 e. The summed E-state index contributed by atoms with van der Waals surface area (Å²) >= 11 is 4.94. The summed E-state index contributed by atoms with van der Waals surface area (Å²) < 4.78 is 0.993. The van der Waals surface area contributed by atoms with Crippen molar-refractivity contribution in [3.05, 3.63) is 33.1 Å². The predicted molar refractivity (Wildman–Crippen MR) is 69.1 cm³/mol. The zero-order valence-electron chi connectivity index (χ0n) is 8.54. The normalized spacial score (nSPS) is 10.6. The first-order chi connectivity index (χ1) is 7.08. The second-order valence-electron chi connectivity index (χ2n) is 3.49. The van der Waals surface area contributed by atoms with Crippen LogP contribution >= 0.6 is 27.3 Å². The van der Waals surface area contributed by atoms with Crippen LogP contribution in [0.5, 0.6) is 0 Å². The maximum atomic E-state index is 5.67. The number of hydrogen-bond donors (Lipinski definition) is 1. The van der Waals surface area contributed by atoms with E-state index < -0.39 is 0 Å². The van der Waals surface area contributed by atoms with Gasteiger partial charge in [-0.1, -0.05) is 35.1 Å². The average molecular weight is 283 g/mol. The van der Waals surface area contributed by atoms with Crippen LogP contribution in [0.1, 0.15) is 11.1 Å². The molecule has 0 aliphatic heterocycles. The number of aromatic nitrogens is 1. The lowest BCUT2D eigenvalue weighted by atomic mass is 10.0. The molecular formula is C11H11BrN2S. The number of nitrogens with zero attached hydrogens (tertiary/aromatic N) is 1. The number of thiazole rings is 1. The molecule has 15 heavy (non-hydrogen) atoms. The van der Waals surface area contributed by atoms with Crippen LogP contribution in [0.25, 0.3) is 11.3 Å². The molecule has 4 heteroatoms. The predicted octanol–water partition coefficient (Wildman–Crippen LogP) is 3.77. The van der Waals surface area contributed by atoms with Gasteiger partial charge in [-0.3, -0.25) is 0 Å². The molecule has 2 rings (SSSR count). The molecule has 0 bridgehead atoms. The summed E-state index contributed by atoms with van der Waals surface area (Å²) in [6.07, 6.45) is 0. The molecule has 0 radical (unpaired) electrons. The number of nitrogens with two attached hydrogens (primary N) is 1. The van der Waals surface area contributed by atoms with Crippen molar-refractivity contribution in [1.29, 1.82) is 0 Å². The Morgan fingerprint density at radius 1 is 1.33 bits per heavy atom. The molecule has 0 saturated carbocycles. The maximum absolute atomic E-state index is 5.67. The fourth-order valence-corrected chi connectivity index (χ4v) is 2.94. The number of aryl methyl sites for hydroxylation is 2. The van der Waals surface area contributed by atoms with Gasteiger partial charge in [-0.25, -0.2) is 4.98 Å². The number of halogens is 1. The van der Waals surface area contributed by atoms with Gasteiger partial charge in [0.15, 0.2) is 5.13 Å². The van der Waals surface area contributed by atoms with E-state index in [1.807, 2.05) is 0 Å². The first-order valence-corrected chi connectivity index (χ1v) is 6.18. The Morgan fingerprint density at radius 3 is 2.60 bits per heavy atom. The van der Waals surface area contributed by atoms with Crippen LogP contribution in [0.3, 0.4) is 0 Å². The van der Waals surface area contributed by atoms with Crippen molar-refractivity contribution in [2.45, 2.75) is 13.8 Å². The van der Waals surface area contributed by atoms with Crippen LogP contribution < -0.4 is 5.73 Å². The van der Waals surface area contributed by atoms with Crippen molar-refractivity contribution in [1.82, 2.24) is 4.98 Å². The van der Waals surface area contributed by atoms with Crippen LogP contribution in [-0.2, 0) is 0 Å². The van der Waals surface area contributed by atoms with Crippen LogP contribution in [0.4, 0.5) is 5.13 Å². The molecular weight excluding hydrogens is 272 g/mol. The summed E-state index contributed by atoms with van der Waals surface area (Å²) in [5.41, 5.74) is 10.2. The van der Waals surface area contributed by atoms with Gasteiger partial charge >= 0.3 is 0 Å². The molecule has 0 fully saturated rings. The van der Waals surface area contributed by atoms with Crippen molar-refractivity contribution in [3.8, 4) is 11.3 Å². The lowest BCUT2D eigenvalue weighted by Gasteiger charge is -2.04. The molecule has 1 aromatic heterocycles. The molecule has 2 N–H and O–H groups in total. The van der Waals surface area contributed by atoms with Crippen LogP contribution in [0.15, 0.2) is 22.0 Å². The molecule has 0 aliphatic carbocycles. The standard InChI is InChI=1S/C11H11BrN2S/c1-6-3-4-8(7(2)5-6)9-10(12)15-11(13)14-9/h3-5H,1-2H3,(H2,13,14). The minimum atomic E-state index is 0.594. The second kappa shape index (κ2) is 3.94. The van der Waals surface area contributed by atoms with Gasteiger partial charge in [-0.2, -0.15) is 0 Å². The van der Waals surface area contributed by atoms with Crippen molar-refractivity contribution in [2.24, 2.45) is 0 Å². The molecule has 78 valence electrons. The van der Waals surface area contributed by atoms with E-state index in [4.69, 9.17) is 5.73 Å². The van der Waals surface area contributed by atoms with E-state index in [1.54, 1.807) is 0 Å². The van der Waals surface area contributed by atoms with Gasteiger partial charge < -0.3 is 5.73 Å². The zero-order chi connectivity index (χ0) is 11.0. The highest BCUT2D eigenvalue weighted by Gasteiger charge is 2.11. The first-order valence-electron chi connectivity index (χ1n) is 4.57. The van der Waals surface area contributed by atoms with Gasteiger partial charge in [0.05, 0.1) is 9.48 Å². The van der Waals surface area contributed by atoms with Crippen molar-refractivity contribution in [2.75, 3.05) is 5.73 Å². The third-order valence-corrected chi connectivity index (χ3v) is 3.77. The third kappa shape index (κ3) is 2.06. The number of hydrogen-bond acceptors (Lipinski definition) is 3. The quantitative estimate of drug-likeness (QED) is 0.865. The van der Waals surface area contributed by atoms with Crippen molar-refractivity contribution in [3.63, 3.8) is 0 Å². The minimum absolute atomic E-state index is 0.594. The van der Waals surface area contributed by atoms with Gasteiger partial charge in [0.25, 0.3) is 0 Å². The monoisotopic (exact) mass is 282 g/mol. The summed E-state index contributed by atoms with van der Waals surface area (Å²) in [6, 6.07) is 6.32. The molecule has 1 aromatic carbocycles. The van der Waals surface area contributed by atoms with Gasteiger partial charge in [-0.15, -0.1) is 0 Å². The van der Waals surface area contributed by atoms with E-state index in [0.29, 0.717) is 5.13 Å². The zero-order valence-corrected chi connectivity index (χ0v) is 10.9. The topological polar surface area (TPSA) is 38.9 Å². The first kappa shape index (κ1) is 10.6. The van der Waals surface area contributed by atoms with Crippen LogP contribution in [0, 0.1) is 13.8 Å². The summed E-state index contributed by atoms with van der Waals surface area (Å²) in [4.78, 5) is 4.32. The van der Waals surface area contributed by atoms with E-state index in [1.165, 1.54) is 22.5 Å². The van der Waals surface area contributed by atoms with E-state index in [9.17, 15) is 0 Å². The summed E-state index contributed by atoms with van der Waals surface area (Å²) in [5.74, 6) is 0. The number of anilines is 1. The highest BCUT2D eigenvalue weighted by Crippen LogP contribution is 2.35. The highest BCUT2D eigenvalue weighted by atomic mass is 79.9. The number of rotatable bonds is 1. The second-order valence-corrected chi connectivity index (χ2v) is 5.84. The molecule has 1 heterocycles. The van der Waals surface area contributed by atoms with E-state index in [0.717, 1.165) is 15.0 Å². The van der Waals surface area contributed by atoms with Gasteiger partial charge in [0.2, 0.25) is 0 Å². The average Bonchev–Trinajstić information content (AvgIpc) is 2.45. The van der Waals surface area contributed by atoms with Crippen molar-refractivity contribution < 1.29 is 0 Å². The third-order valence-electron chi connectivity index (χ3n) is 2.24. The molecule has 0 amide bonds. The summed E-state index contributed by atoms with van der Waals surface area (Å²) in [5, 5.41) is 0.594. The molecule has 0 atom stereocenters. The molecule has 0 saturated heterocycles. The Kier molecular flexibility index (Phi) is 2.80. The Labute approximate surface area is 101 Å². The van der Waals surface area contributed by atoms with Crippen LogP contribution in [-0.4, -0.2) is 4.98 Å². The maximum Gasteiger partial charge on any atom is 0.181 e. The molecule has 0 unspecified atom stereocenters. The van der Waals surface area contributed by atoms with Gasteiger partial charge in [-0.05, 0) is 35.3 Å². The Bertz CT molecular complexity index is 505. The Morgan fingerprint density at radius 2 is 2.07 bits per heavy atom. The smallest absolute Gasteiger partial charge is 0.181 e. The SMILES string of the molecule is Cc1ccc(-c2nc(N)sc2Br)c(C)c1. The molecule has 2 aromatic rings. The van der Waals surface area contributed by atoms with Gasteiger partial charge in [0, 0.05) is 5.56 Å². The van der Waals surface area contributed by atoms with E-state index in [-0.39, 0.29) is 0 Å². The lowest BCUT2D eigenvalue weighted by Crippen LogP contribution is -1.87. The number of nitrogen functional groups attached to an aromatic ring is 1. The lowest BCUT2D eigenvalue weighted by molar-refractivity contribution is 1.34. The molecule has 2 nitrogen and oxygen atoms in total. The summed E-state index contributed by atoms with van der Waals surface area (Å²) in [6.45, 7) is 4.17. The Balaban J connectivity index is 2.59. The van der Waals surface area contributed by atoms with Gasteiger partial charge in [0.1, 0.15) is 0 Å². The number of benzene rings is 1. The fraction of sp³-hybridized carbons (Fsp3) is 0.182. The highest BCUT2D eigenvalue weighted by molar-refractivity contribution is 9.11. The molecule has 0 aliphatic rings. The van der Waals surface area contributed by atoms with E-state index >= 15 is 0 Å². The van der Waals surface area contributed by atoms with Crippen molar-refractivity contribution >= 4 is 32.4 Å². The summed E-state index contributed by atoms with van der Waals surface area (Å²) in [7, 11) is 0. The Hall–Kier alpha value is -0.870. The van der Waals surface area contributed by atoms with E-state index in [2.05, 4.69) is 53.0 Å².